The van der Waals surface area contributed by atoms with Crippen molar-refractivity contribution < 1.29 is 18.3 Å². The molecule has 1 rings (SSSR count). The molecule has 0 aromatic heterocycles. The second kappa shape index (κ2) is 4.26. The molecule has 0 aliphatic carbocycles. The molecule has 78 valence electrons. The molecule has 0 N–H and O–H groups in total. The average molecular weight is 202 g/mol. The fourth-order valence-corrected chi connectivity index (χ4v) is 1.02. The Bertz CT molecular complexity index is 324. The van der Waals surface area contributed by atoms with Gasteiger partial charge in [-0.3, -0.25) is 0 Å². The zero-order valence-electron chi connectivity index (χ0n) is 8.30. The Morgan fingerprint density at radius 3 is 2.07 bits per heavy atom. The number of hydrogen-bond donors (Lipinski definition) is 0. The van der Waals surface area contributed by atoms with Gasteiger partial charge in [0.05, 0.1) is 13.2 Å². The maximum atomic E-state index is 13.2. The maximum absolute atomic E-state index is 13.2. The number of benzene rings is 1. The van der Waals surface area contributed by atoms with Crippen molar-refractivity contribution in [1.29, 1.82) is 0 Å². The molecule has 0 aliphatic rings. The van der Waals surface area contributed by atoms with Crippen LogP contribution in [0.4, 0.5) is 8.78 Å². The van der Waals surface area contributed by atoms with Crippen LogP contribution in [-0.2, 0) is 0 Å². The molecule has 0 unspecified atom stereocenters. The quantitative estimate of drug-likeness (QED) is 0.750. The summed E-state index contributed by atoms with van der Waals surface area (Å²) in [5, 5.41) is 0. The summed E-state index contributed by atoms with van der Waals surface area (Å²) in [5.74, 6) is -2.26. The van der Waals surface area contributed by atoms with E-state index in [9.17, 15) is 8.78 Å². The molecule has 1 aromatic rings. The van der Waals surface area contributed by atoms with Crippen LogP contribution in [-0.4, -0.2) is 13.2 Å². The molecular weight excluding hydrogens is 190 g/mol. The summed E-state index contributed by atoms with van der Waals surface area (Å²) in [6.07, 6.45) is -0.197. The van der Waals surface area contributed by atoms with Gasteiger partial charge in [-0.1, -0.05) is 0 Å². The SMILES string of the molecule is COc1ccc(OC(C)C)c(F)c1F. The van der Waals surface area contributed by atoms with Gasteiger partial charge < -0.3 is 9.47 Å². The first kappa shape index (κ1) is 10.8. The zero-order valence-corrected chi connectivity index (χ0v) is 8.30. The standard InChI is InChI=1S/C10H12F2O2/c1-6(2)14-8-5-4-7(13-3)9(11)10(8)12/h4-6H,1-3H3. The van der Waals surface area contributed by atoms with E-state index in [1.54, 1.807) is 13.8 Å². The van der Waals surface area contributed by atoms with Gasteiger partial charge in [0.15, 0.2) is 11.5 Å². The molecule has 0 aliphatic heterocycles. The third-order valence-corrected chi connectivity index (χ3v) is 1.59. The van der Waals surface area contributed by atoms with Crippen LogP contribution >= 0.6 is 0 Å². The summed E-state index contributed by atoms with van der Waals surface area (Å²) in [7, 11) is 1.28. The smallest absolute Gasteiger partial charge is 0.204 e. The van der Waals surface area contributed by atoms with Crippen LogP contribution in [0.2, 0.25) is 0 Å². The highest BCUT2D eigenvalue weighted by Crippen LogP contribution is 2.27. The van der Waals surface area contributed by atoms with Crippen LogP contribution in [0, 0.1) is 11.6 Å². The molecule has 4 heteroatoms. The van der Waals surface area contributed by atoms with E-state index in [-0.39, 0.29) is 17.6 Å². The first-order chi connectivity index (χ1) is 6.56. The minimum absolute atomic E-state index is 0.0988. The van der Waals surface area contributed by atoms with Gasteiger partial charge in [-0.2, -0.15) is 8.78 Å². The number of ether oxygens (including phenoxy) is 2. The van der Waals surface area contributed by atoms with Gasteiger partial charge in [-0.05, 0) is 26.0 Å². The normalized spacial score (nSPS) is 10.4. The maximum Gasteiger partial charge on any atom is 0.204 e. The predicted molar refractivity (Wildman–Crippen MR) is 48.7 cm³/mol. The van der Waals surface area contributed by atoms with Gasteiger partial charge >= 0.3 is 0 Å². The molecule has 0 heterocycles. The minimum Gasteiger partial charge on any atom is -0.494 e. The molecule has 0 amide bonds. The van der Waals surface area contributed by atoms with E-state index >= 15 is 0 Å². The van der Waals surface area contributed by atoms with E-state index in [0.29, 0.717) is 0 Å². The first-order valence-corrected chi connectivity index (χ1v) is 4.25. The van der Waals surface area contributed by atoms with Gasteiger partial charge in [0.25, 0.3) is 0 Å². The highest BCUT2D eigenvalue weighted by molar-refractivity contribution is 5.34. The van der Waals surface area contributed by atoms with Crippen molar-refractivity contribution >= 4 is 0 Å². The first-order valence-electron chi connectivity index (χ1n) is 4.25. The molecule has 1 aromatic carbocycles. The molecule has 14 heavy (non-hydrogen) atoms. The van der Waals surface area contributed by atoms with E-state index in [1.807, 2.05) is 0 Å². The van der Waals surface area contributed by atoms with E-state index in [0.717, 1.165) is 0 Å². The second-order valence-corrected chi connectivity index (χ2v) is 3.06. The third-order valence-electron chi connectivity index (χ3n) is 1.59. The summed E-state index contributed by atoms with van der Waals surface area (Å²) in [6.45, 7) is 3.48. The van der Waals surface area contributed by atoms with Crippen molar-refractivity contribution in [3.8, 4) is 11.5 Å². The molecule has 0 saturated carbocycles. The van der Waals surface area contributed by atoms with Crippen LogP contribution < -0.4 is 9.47 Å². The fourth-order valence-electron chi connectivity index (χ4n) is 1.02. The topological polar surface area (TPSA) is 18.5 Å². The monoisotopic (exact) mass is 202 g/mol. The minimum atomic E-state index is -1.02. The van der Waals surface area contributed by atoms with Crippen molar-refractivity contribution in [2.45, 2.75) is 20.0 Å². The van der Waals surface area contributed by atoms with E-state index in [4.69, 9.17) is 4.74 Å². The lowest BCUT2D eigenvalue weighted by Crippen LogP contribution is -2.08. The van der Waals surface area contributed by atoms with Crippen LogP contribution in [0.1, 0.15) is 13.8 Å². The number of rotatable bonds is 3. The van der Waals surface area contributed by atoms with Crippen LogP contribution in [0.3, 0.4) is 0 Å². The van der Waals surface area contributed by atoms with Gasteiger partial charge in [0, 0.05) is 0 Å². The summed E-state index contributed by atoms with van der Waals surface area (Å²) in [5.41, 5.74) is 0. The lowest BCUT2D eigenvalue weighted by molar-refractivity contribution is 0.226. The molecule has 0 fully saturated rings. The molecule has 2 nitrogen and oxygen atoms in total. The molecule has 0 bridgehead atoms. The van der Waals surface area contributed by atoms with Crippen LogP contribution in [0.5, 0.6) is 11.5 Å². The summed E-state index contributed by atoms with van der Waals surface area (Å²) in [4.78, 5) is 0. The fraction of sp³-hybridized carbons (Fsp3) is 0.400. The molecule has 0 radical (unpaired) electrons. The largest absolute Gasteiger partial charge is 0.494 e. The number of halogens is 2. The Balaban J connectivity index is 3.04. The van der Waals surface area contributed by atoms with E-state index in [1.165, 1.54) is 19.2 Å². The van der Waals surface area contributed by atoms with E-state index < -0.39 is 11.6 Å². The Labute approximate surface area is 81.4 Å². The van der Waals surface area contributed by atoms with Crippen molar-refractivity contribution in [2.24, 2.45) is 0 Å². The van der Waals surface area contributed by atoms with Crippen LogP contribution in [0.25, 0.3) is 0 Å². The molecule has 0 saturated heterocycles. The van der Waals surface area contributed by atoms with Gasteiger partial charge in [0.2, 0.25) is 11.6 Å². The zero-order chi connectivity index (χ0) is 10.7. The Kier molecular flexibility index (Phi) is 3.28. The summed E-state index contributed by atoms with van der Waals surface area (Å²) in [6, 6.07) is 2.67. The summed E-state index contributed by atoms with van der Waals surface area (Å²) >= 11 is 0. The van der Waals surface area contributed by atoms with Crippen molar-refractivity contribution in [3.63, 3.8) is 0 Å². The average Bonchev–Trinajstić information content (AvgIpc) is 2.13. The Morgan fingerprint density at radius 1 is 1.07 bits per heavy atom. The summed E-state index contributed by atoms with van der Waals surface area (Å²) < 4.78 is 36.0. The van der Waals surface area contributed by atoms with Gasteiger partial charge in [-0.25, -0.2) is 0 Å². The highest BCUT2D eigenvalue weighted by Gasteiger charge is 2.15. The predicted octanol–water partition coefficient (Wildman–Crippen LogP) is 2.76. The van der Waals surface area contributed by atoms with E-state index in [2.05, 4.69) is 4.74 Å². The second-order valence-electron chi connectivity index (χ2n) is 3.06. The number of methoxy groups -OCH3 is 1. The highest BCUT2D eigenvalue weighted by atomic mass is 19.2. The van der Waals surface area contributed by atoms with Crippen molar-refractivity contribution in [3.05, 3.63) is 23.8 Å². The molecule has 0 atom stereocenters. The van der Waals surface area contributed by atoms with Gasteiger partial charge in [-0.15, -0.1) is 0 Å². The van der Waals surface area contributed by atoms with Crippen molar-refractivity contribution in [1.82, 2.24) is 0 Å². The molecular formula is C10H12F2O2. The van der Waals surface area contributed by atoms with Gasteiger partial charge in [0.1, 0.15) is 0 Å². The third kappa shape index (κ3) is 2.13. The lowest BCUT2D eigenvalue weighted by atomic mass is 10.3. The lowest BCUT2D eigenvalue weighted by Gasteiger charge is -2.11. The Hall–Kier alpha value is -1.32. The number of hydrogen-bond acceptors (Lipinski definition) is 2. The van der Waals surface area contributed by atoms with Crippen molar-refractivity contribution in [2.75, 3.05) is 7.11 Å². The Morgan fingerprint density at radius 2 is 1.57 bits per heavy atom. The van der Waals surface area contributed by atoms with Crippen LogP contribution in [0.15, 0.2) is 12.1 Å². The molecule has 0 spiro atoms.